The van der Waals surface area contributed by atoms with Gasteiger partial charge in [-0.3, -0.25) is 9.69 Å². The summed E-state index contributed by atoms with van der Waals surface area (Å²) >= 11 is 1.47. The molecule has 0 spiro atoms. The number of carbonyl (C=O) groups is 1. The molecule has 18 heavy (non-hydrogen) atoms. The lowest BCUT2D eigenvalue weighted by atomic mass is 10.1. The minimum absolute atomic E-state index is 0.0189. The van der Waals surface area contributed by atoms with Crippen LogP contribution in [0.3, 0.4) is 0 Å². The van der Waals surface area contributed by atoms with Crippen LogP contribution >= 0.6 is 11.3 Å². The summed E-state index contributed by atoms with van der Waals surface area (Å²) in [5.41, 5.74) is 0.946. The minimum Gasteiger partial charge on any atom is -0.317 e. The second kappa shape index (κ2) is 6.26. The van der Waals surface area contributed by atoms with E-state index in [0.717, 1.165) is 31.6 Å². The van der Waals surface area contributed by atoms with E-state index in [1.54, 1.807) is 0 Å². The molecule has 0 atom stereocenters. The SMILES string of the molecule is Cc1csc(NC(=O)CN(C)C2CCNCC2)n1. The highest BCUT2D eigenvalue weighted by Crippen LogP contribution is 2.15. The molecule has 0 unspecified atom stereocenters. The van der Waals surface area contributed by atoms with E-state index in [2.05, 4.69) is 20.5 Å². The van der Waals surface area contributed by atoms with E-state index in [4.69, 9.17) is 0 Å². The fourth-order valence-electron chi connectivity index (χ4n) is 2.17. The highest BCUT2D eigenvalue weighted by Gasteiger charge is 2.19. The molecule has 1 aromatic rings. The van der Waals surface area contributed by atoms with Gasteiger partial charge >= 0.3 is 0 Å². The average Bonchev–Trinajstić information content (AvgIpc) is 2.75. The van der Waals surface area contributed by atoms with Gasteiger partial charge < -0.3 is 10.6 Å². The lowest BCUT2D eigenvalue weighted by Crippen LogP contribution is -2.44. The van der Waals surface area contributed by atoms with Crippen LogP contribution in [-0.4, -0.2) is 48.5 Å². The molecule has 1 aliphatic heterocycles. The lowest BCUT2D eigenvalue weighted by Gasteiger charge is -2.30. The zero-order chi connectivity index (χ0) is 13.0. The summed E-state index contributed by atoms with van der Waals surface area (Å²) in [5, 5.41) is 8.80. The largest absolute Gasteiger partial charge is 0.317 e. The third kappa shape index (κ3) is 3.76. The molecule has 1 saturated heterocycles. The van der Waals surface area contributed by atoms with Crippen LogP contribution in [0.2, 0.25) is 0 Å². The van der Waals surface area contributed by atoms with Crippen molar-refractivity contribution in [2.75, 3.05) is 32.0 Å². The fourth-order valence-corrected chi connectivity index (χ4v) is 2.88. The number of aromatic nitrogens is 1. The second-order valence-corrected chi connectivity index (χ2v) is 5.60. The first kappa shape index (κ1) is 13.5. The van der Waals surface area contributed by atoms with E-state index in [-0.39, 0.29) is 5.91 Å². The van der Waals surface area contributed by atoms with Crippen LogP contribution < -0.4 is 10.6 Å². The molecule has 5 nitrogen and oxygen atoms in total. The molecule has 2 rings (SSSR count). The maximum Gasteiger partial charge on any atom is 0.240 e. The van der Waals surface area contributed by atoms with Crippen molar-refractivity contribution in [3.63, 3.8) is 0 Å². The summed E-state index contributed by atoms with van der Waals surface area (Å²) in [6.07, 6.45) is 2.22. The molecule has 2 heterocycles. The number of thiazole rings is 1. The van der Waals surface area contributed by atoms with Crippen LogP contribution in [0.1, 0.15) is 18.5 Å². The van der Waals surface area contributed by atoms with Crippen molar-refractivity contribution in [3.05, 3.63) is 11.1 Å². The van der Waals surface area contributed by atoms with E-state index in [1.807, 2.05) is 19.4 Å². The first-order valence-electron chi connectivity index (χ1n) is 6.28. The summed E-state index contributed by atoms with van der Waals surface area (Å²) in [6.45, 7) is 4.45. The maximum atomic E-state index is 11.9. The van der Waals surface area contributed by atoms with Crippen LogP contribution in [-0.2, 0) is 4.79 Å². The zero-order valence-electron chi connectivity index (χ0n) is 10.9. The summed E-state index contributed by atoms with van der Waals surface area (Å²) < 4.78 is 0. The normalized spacial score (nSPS) is 17.1. The Morgan fingerprint density at radius 3 is 2.94 bits per heavy atom. The van der Waals surface area contributed by atoms with Gasteiger partial charge in [-0.25, -0.2) is 4.98 Å². The summed E-state index contributed by atoms with van der Waals surface area (Å²) in [4.78, 5) is 18.2. The molecule has 100 valence electrons. The number of aryl methyl sites for hydroxylation is 1. The fraction of sp³-hybridized carbons (Fsp3) is 0.667. The van der Waals surface area contributed by atoms with Crippen LogP contribution in [0.4, 0.5) is 5.13 Å². The molecule has 0 radical (unpaired) electrons. The summed E-state index contributed by atoms with van der Waals surface area (Å²) in [7, 11) is 2.02. The van der Waals surface area contributed by atoms with Gasteiger partial charge in [0.25, 0.3) is 0 Å². The van der Waals surface area contributed by atoms with Crippen molar-refractivity contribution < 1.29 is 4.79 Å². The Morgan fingerprint density at radius 1 is 1.61 bits per heavy atom. The van der Waals surface area contributed by atoms with Gasteiger partial charge in [0.15, 0.2) is 5.13 Å². The van der Waals surface area contributed by atoms with Gasteiger partial charge in [0.1, 0.15) is 0 Å². The van der Waals surface area contributed by atoms with Crippen molar-refractivity contribution in [2.45, 2.75) is 25.8 Å². The van der Waals surface area contributed by atoms with Crippen LogP contribution in [0.5, 0.6) is 0 Å². The summed E-state index contributed by atoms with van der Waals surface area (Å²) in [6, 6.07) is 0.509. The topological polar surface area (TPSA) is 57.3 Å². The zero-order valence-corrected chi connectivity index (χ0v) is 11.7. The number of amides is 1. The van der Waals surface area contributed by atoms with Gasteiger partial charge in [-0.05, 0) is 39.9 Å². The van der Waals surface area contributed by atoms with Gasteiger partial charge in [-0.1, -0.05) is 0 Å². The molecule has 0 saturated carbocycles. The number of carbonyl (C=O) groups excluding carboxylic acids is 1. The number of anilines is 1. The van der Waals surface area contributed by atoms with Gasteiger partial charge in [-0.15, -0.1) is 11.3 Å². The van der Waals surface area contributed by atoms with Crippen molar-refractivity contribution in [1.29, 1.82) is 0 Å². The number of hydrogen-bond donors (Lipinski definition) is 2. The van der Waals surface area contributed by atoms with Gasteiger partial charge in [0.05, 0.1) is 12.2 Å². The Kier molecular flexibility index (Phi) is 4.68. The molecular weight excluding hydrogens is 248 g/mol. The van der Waals surface area contributed by atoms with Gasteiger partial charge in [0.2, 0.25) is 5.91 Å². The third-order valence-electron chi connectivity index (χ3n) is 3.19. The van der Waals surface area contributed by atoms with E-state index in [1.165, 1.54) is 11.3 Å². The first-order chi connectivity index (χ1) is 8.65. The number of nitrogens with one attached hydrogen (secondary N) is 2. The lowest BCUT2D eigenvalue weighted by molar-refractivity contribution is -0.117. The quantitative estimate of drug-likeness (QED) is 0.858. The smallest absolute Gasteiger partial charge is 0.240 e. The highest BCUT2D eigenvalue weighted by atomic mass is 32.1. The summed E-state index contributed by atoms with van der Waals surface area (Å²) in [5.74, 6) is 0.0189. The molecule has 0 aliphatic carbocycles. The van der Waals surface area contributed by atoms with Crippen LogP contribution in [0, 0.1) is 6.92 Å². The van der Waals surface area contributed by atoms with Crippen molar-refractivity contribution in [1.82, 2.24) is 15.2 Å². The number of rotatable bonds is 4. The predicted molar refractivity (Wildman–Crippen MR) is 74.0 cm³/mol. The van der Waals surface area contributed by atoms with E-state index in [9.17, 15) is 4.79 Å². The molecule has 1 amide bonds. The monoisotopic (exact) mass is 268 g/mol. The molecule has 0 aromatic carbocycles. The molecule has 1 aromatic heterocycles. The van der Waals surface area contributed by atoms with Crippen LogP contribution in [0.25, 0.3) is 0 Å². The van der Waals surface area contributed by atoms with E-state index >= 15 is 0 Å². The standard InChI is InChI=1S/C12H20N4OS/c1-9-8-18-12(14-9)15-11(17)7-16(2)10-3-5-13-6-4-10/h8,10,13H,3-7H2,1-2H3,(H,14,15,17). The second-order valence-electron chi connectivity index (χ2n) is 4.74. The van der Waals surface area contributed by atoms with Crippen molar-refractivity contribution >= 4 is 22.4 Å². The van der Waals surface area contributed by atoms with Gasteiger partial charge in [-0.2, -0.15) is 0 Å². The Labute approximate surface area is 112 Å². The van der Waals surface area contributed by atoms with Crippen molar-refractivity contribution in [2.24, 2.45) is 0 Å². The number of hydrogen-bond acceptors (Lipinski definition) is 5. The van der Waals surface area contributed by atoms with Gasteiger partial charge in [0, 0.05) is 11.4 Å². The van der Waals surface area contributed by atoms with Crippen LogP contribution in [0.15, 0.2) is 5.38 Å². The highest BCUT2D eigenvalue weighted by molar-refractivity contribution is 7.13. The van der Waals surface area contributed by atoms with Crippen molar-refractivity contribution in [3.8, 4) is 0 Å². The van der Waals surface area contributed by atoms with E-state index < -0.39 is 0 Å². The molecule has 6 heteroatoms. The average molecular weight is 268 g/mol. The predicted octanol–water partition coefficient (Wildman–Crippen LogP) is 1.07. The molecular formula is C12H20N4OS. The number of piperidine rings is 1. The molecule has 2 N–H and O–H groups in total. The Morgan fingerprint density at radius 2 is 2.33 bits per heavy atom. The number of nitrogens with zero attached hydrogens (tertiary/aromatic N) is 2. The Hall–Kier alpha value is -0.980. The Balaban J connectivity index is 1.79. The Bertz CT molecular complexity index is 401. The first-order valence-corrected chi connectivity index (χ1v) is 7.16. The maximum absolute atomic E-state index is 11.9. The molecule has 1 fully saturated rings. The van der Waals surface area contributed by atoms with E-state index in [0.29, 0.717) is 17.7 Å². The molecule has 1 aliphatic rings. The number of likely N-dealkylation sites (N-methyl/N-ethyl adjacent to an activating group) is 1. The third-order valence-corrected chi connectivity index (χ3v) is 4.07. The minimum atomic E-state index is 0.0189. The molecule has 0 bridgehead atoms.